The summed E-state index contributed by atoms with van der Waals surface area (Å²) in [6.07, 6.45) is 0. The Hall–Kier alpha value is 0.926. The van der Waals surface area contributed by atoms with Crippen molar-refractivity contribution in [3.63, 3.8) is 0 Å². The fourth-order valence-electron chi connectivity index (χ4n) is 2.49. The molecule has 0 aromatic carbocycles. The van der Waals surface area contributed by atoms with Gasteiger partial charge in [0.1, 0.15) is 11.0 Å². The van der Waals surface area contributed by atoms with E-state index in [2.05, 4.69) is 33.7 Å². The molecule has 0 saturated carbocycles. The van der Waals surface area contributed by atoms with Crippen LogP contribution in [-0.4, -0.2) is 97.1 Å². The Morgan fingerprint density at radius 1 is 0.632 bits per heavy atom. The van der Waals surface area contributed by atoms with Crippen LogP contribution in [0, 0.1) is 0 Å². The second-order valence-electron chi connectivity index (χ2n) is 5.42. The van der Waals surface area contributed by atoms with E-state index in [4.69, 9.17) is 23.2 Å². The van der Waals surface area contributed by atoms with E-state index in [1.54, 1.807) is 0 Å². The molecule has 2 aliphatic heterocycles. The summed E-state index contributed by atoms with van der Waals surface area (Å²) in [5.41, 5.74) is -0.186. The Morgan fingerprint density at radius 3 is 1.16 bits per heavy atom. The van der Waals surface area contributed by atoms with Crippen molar-refractivity contribution in [3.05, 3.63) is 0 Å². The maximum absolute atomic E-state index is 6.57. The van der Waals surface area contributed by atoms with Crippen LogP contribution < -0.4 is 0 Å². The zero-order chi connectivity index (χ0) is 13.1. The van der Waals surface area contributed by atoms with Crippen molar-refractivity contribution in [1.82, 2.24) is 19.6 Å². The van der Waals surface area contributed by atoms with Gasteiger partial charge >= 0.3 is 0 Å². The summed E-state index contributed by atoms with van der Waals surface area (Å²) in [6.45, 7) is 8.22. The van der Waals surface area contributed by atoms with E-state index in [9.17, 15) is 0 Å². The van der Waals surface area contributed by atoms with E-state index in [0.29, 0.717) is 0 Å². The van der Waals surface area contributed by atoms with Gasteiger partial charge in [-0.2, -0.15) is 0 Å². The van der Waals surface area contributed by atoms with Crippen molar-refractivity contribution in [2.24, 2.45) is 0 Å². The molecule has 4 nitrogen and oxygen atoms in total. The number of fused-ring (bicyclic) bond motifs is 3. The summed E-state index contributed by atoms with van der Waals surface area (Å²) in [4.78, 5) is 9.36. The van der Waals surface area contributed by atoms with Gasteiger partial charge < -0.3 is 9.80 Å². The standard InChI is InChI=1S/C12H24Cl2N4.Co/c1-15-3-7-17-9-5-16(2)6-10-18(8-4-15)12(14)11(17)13;/h11-12H,3-10H2,1-2H3;. The van der Waals surface area contributed by atoms with E-state index < -0.39 is 0 Å². The van der Waals surface area contributed by atoms with Gasteiger partial charge in [0, 0.05) is 69.1 Å². The first-order valence-corrected chi connectivity index (χ1v) is 7.58. The number of likely N-dealkylation sites (N-methyl/N-ethyl adjacent to an activating group) is 2. The fourth-order valence-corrected chi connectivity index (χ4v) is 3.19. The van der Waals surface area contributed by atoms with Crippen molar-refractivity contribution in [2.75, 3.05) is 66.5 Å². The molecule has 2 unspecified atom stereocenters. The summed E-state index contributed by atoms with van der Waals surface area (Å²) >= 11 is 13.1. The molecule has 2 fully saturated rings. The zero-order valence-corrected chi connectivity index (χ0v) is 14.2. The SMILES string of the molecule is CN1CCN2CCN(C)CCN(CC1)C(Cl)C2Cl.[Co]. The van der Waals surface area contributed by atoms with Crippen LogP contribution in [-0.2, 0) is 16.8 Å². The van der Waals surface area contributed by atoms with Crippen LogP contribution in [0.3, 0.4) is 0 Å². The minimum Gasteiger partial charge on any atom is -0.304 e. The van der Waals surface area contributed by atoms with Gasteiger partial charge in [-0.1, -0.05) is 0 Å². The number of nitrogens with zero attached hydrogens (tertiary/aromatic N) is 4. The molecule has 0 spiro atoms. The number of rotatable bonds is 0. The average Bonchev–Trinajstić information content (AvgIpc) is 2.42. The molecule has 19 heavy (non-hydrogen) atoms. The predicted molar refractivity (Wildman–Crippen MR) is 77.4 cm³/mol. The maximum atomic E-state index is 6.57. The van der Waals surface area contributed by atoms with Gasteiger partial charge in [0.25, 0.3) is 0 Å². The van der Waals surface area contributed by atoms with Crippen LogP contribution in [0.25, 0.3) is 0 Å². The van der Waals surface area contributed by atoms with Gasteiger partial charge in [-0.15, -0.1) is 23.2 Å². The minimum atomic E-state index is -0.0929. The van der Waals surface area contributed by atoms with E-state index in [1.807, 2.05) is 0 Å². The maximum Gasteiger partial charge on any atom is 0.115 e. The molecule has 7 heteroatoms. The Balaban J connectivity index is 0.00000180. The fraction of sp³-hybridized carbons (Fsp3) is 1.00. The molecule has 2 atom stereocenters. The first-order chi connectivity index (χ1) is 8.58. The van der Waals surface area contributed by atoms with Crippen molar-refractivity contribution >= 4 is 23.2 Å². The van der Waals surface area contributed by atoms with Gasteiger partial charge in [0.05, 0.1) is 0 Å². The second-order valence-corrected chi connectivity index (χ2v) is 6.32. The number of hydrogen-bond donors (Lipinski definition) is 0. The molecule has 2 rings (SSSR count). The monoisotopic (exact) mass is 353 g/mol. The van der Waals surface area contributed by atoms with Crippen molar-refractivity contribution in [1.29, 1.82) is 0 Å². The van der Waals surface area contributed by atoms with Crippen LogP contribution in [0.2, 0.25) is 0 Å². The first-order valence-electron chi connectivity index (χ1n) is 6.71. The van der Waals surface area contributed by atoms with Gasteiger partial charge in [-0.25, -0.2) is 0 Å². The molecule has 2 aliphatic rings. The van der Waals surface area contributed by atoms with Crippen LogP contribution in [0.4, 0.5) is 0 Å². The van der Waals surface area contributed by atoms with Crippen molar-refractivity contribution < 1.29 is 16.8 Å². The quantitative estimate of drug-likeness (QED) is 0.467. The molecule has 2 saturated heterocycles. The molecule has 0 aliphatic carbocycles. The normalized spacial score (nSPS) is 39.2. The Morgan fingerprint density at radius 2 is 0.895 bits per heavy atom. The molecule has 1 radical (unpaired) electrons. The van der Waals surface area contributed by atoms with E-state index >= 15 is 0 Å². The Bertz CT molecular complexity index is 230. The van der Waals surface area contributed by atoms with E-state index in [0.717, 1.165) is 52.4 Å². The molecular formula is C12H24Cl2CoN4. The van der Waals surface area contributed by atoms with Crippen molar-refractivity contribution in [3.8, 4) is 0 Å². The molecule has 115 valence electrons. The summed E-state index contributed by atoms with van der Waals surface area (Å²) < 4.78 is 0. The molecule has 0 amide bonds. The van der Waals surface area contributed by atoms with Gasteiger partial charge in [0.2, 0.25) is 0 Å². The molecule has 0 aromatic rings. The number of halogens is 2. The predicted octanol–water partition coefficient (Wildman–Crippen LogP) is 0.608. The molecule has 2 heterocycles. The third-order valence-corrected chi connectivity index (χ3v) is 5.16. The summed E-state index contributed by atoms with van der Waals surface area (Å²) in [6, 6.07) is 0. The molecule has 2 bridgehead atoms. The zero-order valence-electron chi connectivity index (χ0n) is 11.7. The summed E-state index contributed by atoms with van der Waals surface area (Å²) in [5.74, 6) is 0. The summed E-state index contributed by atoms with van der Waals surface area (Å²) in [7, 11) is 4.35. The minimum absolute atomic E-state index is 0. The van der Waals surface area contributed by atoms with Crippen LogP contribution >= 0.6 is 23.2 Å². The topological polar surface area (TPSA) is 13.0 Å². The van der Waals surface area contributed by atoms with Gasteiger partial charge in [-0.3, -0.25) is 9.80 Å². The molecule has 0 aromatic heterocycles. The third kappa shape index (κ3) is 5.00. The number of alkyl halides is 2. The number of hydrogen-bond acceptors (Lipinski definition) is 4. The van der Waals surface area contributed by atoms with Crippen LogP contribution in [0.1, 0.15) is 0 Å². The average molecular weight is 354 g/mol. The van der Waals surface area contributed by atoms with Crippen LogP contribution in [0.15, 0.2) is 0 Å². The van der Waals surface area contributed by atoms with Gasteiger partial charge in [0.15, 0.2) is 0 Å². The van der Waals surface area contributed by atoms with E-state index in [-0.39, 0.29) is 27.8 Å². The Kier molecular flexibility index (Phi) is 7.94. The van der Waals surface area contributed by atoms with Crippen molar-refractivity contribution in [2.45, 2.75) is 11.0 Å². The smallest absolute Gasteiger partial charge is 0.115 e. The molecular weight excluding hydrogens is 330 g/mol. The second kappa shape index (κ2) is 8.39. The first kappa shape index (κ1) is 18.0. The third-order valence-electron chi connectivity index (χ3n) is 4.00. The van der Waals surface area contributed by atoms with Crippen LogP contribution in [0.5, 0.6) is 0 Å². The molecule has 0 N–H and O–H groups in total. The Labute approximate surface area is 137 Å². The van der Waals surface area contributed by atoms with E-state index in [1.165, 1.54) is 0 Å². The van der Waals surface area contributed by atoms with Gasteiger partial charge in [-0.05, 0) is 14.1 Å². The largest absolute Gasteiger partial charge is 0.304 e. The summed E-state index contributed by atoms with van der Waals surface area (Å²) in [5, 5.41) is 0.